The van der Waals surface area contributed by atoms with Crippen LogP contribution in [0, 0.1) is 0 Å². The number of aryl methyl sites for hydroxylation is 1. The summed E-state index contributed by atoms with van der Waals surface area (Å²) in [7, 11) is 1.82. The number of anilines is 1. The summed E-state index contributed by atoms with van der Waals surface area (Å²) in [6.07, 6.45) is 1.78. The van der Waals surface area contributed by atoms with Crippen LogP contribution in [0.1, 0.15) is 10.5 Å². The topological polar surface area (TPSA) is 71.6 Å². The second-order valence-electron chi connectivity index (χ2n) is 7.20. The molecule has 146 valence electrons. The van der Waals surface area contributed by atoms with Crippen molar-refractivity contribution in [3.8, 4) is 0 Å². The van der Waals surface area contributed by atoms with Crippen molar-refractivity contribution in [2.75, 3.05) is 31.1 Å². The van der Waals surface area contributed by atoms with Crippen LogP contribution in [0.25, 0.3) is 21.9 Å². The van der Waals surface area contributed by atoms with Gasteiger partial charge in [0.05, 0.1) is 10.9 Å². The van der Waals surface area contributed by atoms with Crippen LogP contribution in [0.15, 0.2) is 63.9 Å². The number of amides is 1. The summed E-state index contributed by atoms with van der Waals surface area (Å²) in [6.45, 7) is 2.65. The quantitative estimate of drug-likeness (QED) is 0.494. The van der Waals surface area contributed by atoms with E-state index in [-0.39, 0.29) is 5.91 Å². The zero-order valence-corrected chi connectivity index (χ0v) is 16.0. The summed E-state index contributed by atoms with van der Waals surface area (Å²) in [6, 6.07) is 14.9. The molecule has 0 saturated carbocycles. The molecule has 0 atom stereocenters. The Labute approximate surface area is 166 Å². The van der Waals surface area contributed by atoms with Crippen LogP contribution >= 0.6 is 0 Å². The van der Waals surface area contributed by atoms with Crippen LogP contribution < -0.4 is 10.5 Å². The summed E-state index contributed by atoms with van der Waals surface area (Å²) in [5.41, 5.74) is 1.32. The highest BCUT2D eigenvalue weighted by Crippen LogP contribution is 2.26. The molecule has 5 rings (SSSR count). The molecule has 1 amide bonds. The summed E-state index contributed by atoms with van der Waals surface area (Å²) in [4.78, 5) is 34.0. The fourth-order valence-electron chi connectivity index (χ4n) is 4.04. The Morgan fingerprint density at radius 1 is 1.00 bits per heavy atom. The molecule has 0 unspecified atom stereocenters. The van der Waals surface area contributed by atoms with E-state index >= 15 is 0 Å². The maximum Gasteiger partial charge on any atom is 0.345 e. The second-order valence-corrected chi connectivity index (χ2v) is 7.20. The second kappa shape index (κ2) is 6.77. The molecule has 1 aliphatic heterocycles. The van der Waals surface area contributed by atoms with Crippen LogP contribution in [-0.4, -0.2) is 46.5 Å². The number of piperazine rings is 1. The van der Waals surface area contributed by atoms with Gasteiger partial charge in [-0.3, -0.25) is 4.79 Å². The van der Waals surface area contributed by atoms with Gasteiger partial charge in [-0.25, -0.2) is 9.78 Å². The Morgan fingerprint density at radius 3 is 2.52 bits per heavy atom. The highest BCUT2D eigenvalue weighted by Gasteiger charge is 2.26. The third kappa shape index (κ3) is 2.86. The van der Waals surface area contributed by atoms with Gasteiger partial charge >= 0.3 is 5.63 Å². The predicted molar refractivity (Wildman–Crippen MR) is 111 cm³/mol. The van der Waals surface area contributed by atoms with Gasteiger partial charge in [-0.05, 0) is 30.3 Å². The molecule has 0 spiro atoms. The molecule has 7 heteroatoms. The Bertz CT molecular complexity index is 1270. The van der Waals surface area contributed by atoms with E-state index in [1.807, 2.05) is 52.9 Å². The first-order chi connectivity index (χ1) is 14.1. The number of hydrogen-bond acceptors (Lipinski definition) is 5. The van der Waals surface area contributed by atoms with Crippen LogP contribution in [0.3, 0.4) is 0 Å². The molecule has 0 bridgehead atoms. The molecule has 1 fully saturated rings. The molecular weight excluding hydrogens is 368 g/mol. The highest BCUT2D eigenvalue weighted by atomic mass is 16.4. The number of hydrogen-bond donors (Lipinski definition) is 0. The lowest BCUT2D eigenvalue weighted by atomic mass is 10.2. The molecule has 0 N–H and O–H groups in total. The normalized spacial score (nSPS) is 14.7. The summed E-state index contributed by atoms with van der Waals surface area (Å²) in [5.74, 6) is 0.848. The minimum Gasteiger partial charge on any atom is -0.422 e. The third-order valence-electron chi connectivity index (χ3n) is 5.56. The first-order valence-corrected chi connectivity index (χ1v) is 9.60. The smallest absolute Gasteiger partial charge is 0.345 e. The lowest BCUT2D eigenvalue weighted by Crippen LogP contribution is -2.49. The number of carbonyl (C=O) groups is 1. The molecule has 0 aliphatic carbocycles. The van der Waals surface area contributed by atoms with Crippen LogP contribution in [-0.2, 0) is 7.05 Å². The molecule has 4 aromatic rings. The zero-order valence-electron chi connectivity index (χ0n) is 16.0. The van der Waals surface area contributed by atoms with Crippen molar-refractivity contribution in [1.82, 2.24) is 14.5 Å². The van der Waals surface area contributed by atoms with Crippen molar-refractivity contribution in [1.29, 1.82) is 0 Å². The standard InChI is InChI=1S/C22H20N4O3/c1-24-17(14-16-20(24)15-6-2-3-7-18(15)29-22(16)28)21(27)26-12-10-25(11-13-26)19-8-4-5-9-23-19/h2-9,14H,10-13H2,1H3. The molecular formula is C22H20N4O3. The Hall–Kier alpha value is -3.61. The molecule has 3 aromatic heterocycles. The summed E-state index contributed by atoms with van der Waals surface area (Å²) in [5, 5.41) is 1.25. The van der Waals surface area contributed by atoms with Crippen molar-refractivity contribution >= 4 is 33.6 Å². The Balaban J connectivity index is 1.46. The summed E-state index contributed by atoms with van der Waals surface area (Å²) >= 11 is 0. The van der Waals surface area contributed by atoms with E-state index in [2.05, 4.69) is 9.88 Å². The first kappa shape index (κ1) is 17.5. The van der Waals surface area contributed by atoms with E-state index in [9.17, 15) is 9.59 Å². The zero-order chi connectivity index (χ0) is 20.0. The number of benzene rings is 1. The number of fused-ring (bicyclic) bond motifs is 3. The monoisotopic (exact) mass is 388 g/mol. The van der Waals surface area contributed by atoms with Crippen molar-refractivity contribution in [3.63, 3.8) is 0 Å². The fourth-order valence-corrected chi connectivity index (χ4v) is 4.04. The van der Waals surface area contributed by atoms with Gasteiger partial charge in [-0.15, -0.1) is 0 Å². The summed E-state index contributed by atoms with van der Waals surface area (Å²) < 4.78 is 7.23. The molecule has 1 aliphatic rings. The van der Waals surface area contributed by atoms with Gasteiger partial charge in [0, 0.05) is 44.8 Å². The maximum atomic E-state index is 13.2. The average Bonchev–Trinajstić information content (AvgIpc) is 3.12. The van der Waals surface area contributed by atoms with Crippen LogP contribution in [0.5, 0.6) is 0 Å². The molecule has 1 aromatic carbocycles. The van der Waals surface area contributed by atoms with Crippen molar-refractivity contribution < 1.29 is 9.21 Å². The highest BCUT2D eigenvalue weighted by molar-refractivity contribution is 6.07. The molecule has 7 nitrogen and oxygen atoms in total. The minimum atomic E-state index is -0.423. The van der Waals surface area contributed by atoms with E-state index in [1.165, 1.54) is 0 Å². The minimum absolute atomic E-state index is 0.0761. The first-order valence-electron chi connectivity index (χ1n) is 9.60. The fraction of sp³-hybridized carbons (Fsp3) is 0.227. The third-order valence-corrected chi connectivity index (χ3v) is 5.56. The number of nitrogens with zero attached hydrogens (tertiary/aromatic N) is 4. The molecule has 29 heavy (non-hydrogen) atoms. The van der Waals surface area contributed by atoms with Gasteiger partial charge in [-0.1, -0.05) is 18.2 Å². The number of para-hydroxylation sites is 1. The number of rotatable bonds is 2. The predicted octanol–water partition coefficient (Wildman–Crippen LogP) is 2.64. The van der Waals surface area contributed by atoms with Crippen molar-refractivity contribution in [2.45, 2.75) is 0 Å². The lowest BCUT2D eigenvalue weighted by Gasteiger charge is -2.35. The average molecular weight is 388 g/mol. The molecule has 4 heterocycles. The molecule has 0 radical (unpaired) electrons. The van der Waals surface area contributed by atoms with Gasteiger partial charge in [0.1, 0.15) is 17.1 Å². The number of carbonyl (C=O) groups excluding carboxylic acids is 1. The van der Waals surface area contributed by atoms with E-state index in [4.69, 9.17) is 4.42 Å². The number of aromatic nitrogens is 2. The number of pyridine rings is 1. The van der Waals surface area contributed by atoms with E-state index in [0.717, 1.165) is 29.8 Å². The van der Waals surface area contributed by atoms with E-state index in [0.29, 0.717) is 29.8 Å². The molecule has 1 saturated heterocycles. The van der Waals surface area contributed by atoms with Gasteiger partial charge in [0.15, 0.2) is 0 Å². The lowest BCUT2D eigenvalue weighted by molar-refractivity contribution is 0.0737. The van der Waals surface area contributed by atoms with E-state index in [1.54, 1.807) is 18.3 Å². The Kier molecular flexibility index (Phi) is 4.08. The SMILES string of the molecule is Cn1c(C(=O)N2CCN(c3ccccn3)CC2)cc2c(=O)oc3ccccc3c21. The van der Waals surface area contributed by atoms with Crippen molar-refractivity contribution in [3.05, 3.63) is 70.8 Å². The van der Waals surface area contributed by atoms with Gasteiger partial charge in [-0.2, -0.15) is 0 Å². The van der Waals surface area contributed by atoms with Gasteiger partial charge in [0.25, 0.3) is 5.91 Å². The van der Waals surface area contributed by atoms with Gasteiger partial charge in [0.2, 0.25) is 0 Å². The van der Waals surface area contributed by atoms with Crippen LogP contribution in [0.4, 0.5) is 5.82 Å². The largest absolute Gasteiger partial charge is 0.422 e. The van der Waals surface area contributed by atoms with E-state index < -0.39 is 5.63 Å². The maximum absolute atomic E-state index is 13.2. The Morgan fingerprint density at radius 2 is 1.76 bits per heavy atom. The van der Waals surface area contributed by atoms with Crippen molar-refractivity contribution in [2.24, 2.45) is 7.05 Å². The van der Waals surface area contributed by atoms with Crippen LogP contribution in [0.2, 0.25) is 0 Å². The van der Waals surface area contributed by atoms with Gasteiger partial charge < -0.3 is 18.8 Å².